The van der Waals surface area contributed by atoms with Crippen LogP contribution in [0.4, 0.5) is 0 Å². The highest BCUT2D eigenvalue weighted by molar-refractivity contribution is 7.90. The quantitative estimate of drug-likeness (QED) is 0.782. The molecule has 0 aliphatic rings. The van der Waals surface area contributed by atoms with Gasteiger partial charge in [0, 0.05) is 19.8 Å². The van der Waals surface area contributed by atoms with Gasteiger partial charge in [-0.25, -0.2) is 22.0 Å². The number of amides is 1. The van der Waals surface area contributed by atoms with E-state index in [1.807, 2.05) is 0 Å². The molecule has 0 aliphatic carbocycles. The highest BCUT2D eigenvalue weighted by Crippen LogP contribution is 2.15. The Kier molecular flexibility index (Phi) is 4.90. The lowest BCUT2D eigenvalue weighted by atomic mass is 10.2. The summed E-state index contributed by atoms with van der Waals surface area (Å²) >= 11 is 0. The molecule has 0 heterocycles. The van der Waals surface area contributed by atoms with Gasteiger partial charge in [-0.2, -0.15) is 0 Å². The van der Waals surface area contributed by atoms with Crippen LogP contribution in [-0.2, 0) is 19.9 Å². The van der Waals surface area contributed by atoms with Crippen molar-refractivity contribution in [2.75, 3.05) is 25.6 Å². The average molecular weight is 320 g/mol. The van der Waals surface area contributed by atoms with Crippen molar-refractivity contribution in [1.82, 2.24) is 4.90 Å². The summed E-state index contributed by atoms with van der Waals surface area (Å²) in [4.78, 5) is 13.0. The third-order valence-corrected chi connectivity index (χ3v) is 4.46. The van der Waals surface area contributed by atoms with E-state index in [1.54, 1.807) is 0 Å². The predicted molar refractivity (Wildman–Crippen MR) is 74.5 cm³/mol. The molecule has 1 rings (SSSR count). The maximum atomic E-state index is 12.1. The molecule has 20 heavy (non-hydrogen) atoms. The van der Waals surface area contributed by atoms with Crippen LogP contribution in [0.5, 0.6) is 0 Å². The van der Waals surface area contributed by atoms with Crippen LogP contribution < -0.4 is 5.14 Å². The molecular weight excluding hydrogens is 304 g/mol. The van der Waals surface area contributed by atoms with Gasteiger partial charge in [0.1, 0.15) is 9.84 Å². The molecule has 0 fully saturated rings. The van der Waals surface area contributed by atoms with Gasteiger partial charge in [-0.1, -0.05) is 12.1 Å². The first-order valence-electron chi connectivity index (χ1n) is 5.57. The van der Waals surface area contributed by atoms with E-state index in [0.717, 1.165) is 11.2 Å². The molecule has 0 bridgehead atoms. The van der Waals surface area contributed by atoms with Crippen molar-refractivity contribution in [2.45, 2.75) is 4.90 Å². The Labute approximate surface area is 118 Å². The zero-order chi connectivity index (χ0) is 15.6. The van der Waals surface area contributed by atoms with Crippen molar-refractivity contribution < 1.29 is 21.6 Å². The van der Waals surface area contributed by atoms with E-state index in [2.05, 4.69) is 0 Å². The maximum absolute atomic E-state index is 12.1. The standard InChI is InChI=1S/C11H16N2O5S2/c1-13(7-8-19(2,15)16)11(14)9-5-3-4-6-10(9)20(12,17)18/h3-6H,7-8H2,1-2H3,(H2,12,17,18). The number of carbonyl (C=O) groups excluding carboxylic acids is 1. The smallest absolute Gasteiger partial charge is 0.255 e. The SMILES string of the molecule is CN(CCS(C)(=O)=O)C(=O)c1ccccc1S(N)(=O)=O. The van der Waals surface area contributed by atoms with Crippen molar-refractivity contribution in [3.63, 3.8) is 0 Å². The summed E-state index contributed by atoms with van der Waals surface area (Å²) in [6.07, 6.45) is 1.06. The number of sulfonamides is 1. The number of hydrogen-bond acceptors (Lipinski definition) is 5. The van der Waals surface area contributed by atoms with Crippen LogP contribution in [0.15, 0.2) is 29.2 Å². The highest BCUT2D eigenvalue weighted by atomic mass is 32.2. The number of nitrogens with two attached hydrogens (primary N) is 1. The predicted octanol–water partition coefficient (Wildman–Crippen LogP) is -0.549. The lowest BCUT2D eigenvalue weighted by Crippen LogP contribution is -2.32. The molecule has 0 saturated heterocycles. The lowest BCUT2D eigenvalue weighted by Gasteiger charge is -2.18. The normalized spacial score (nSPS) is 12.2. The van der Waals surface area contributed by atoms with Crippen LogP contribution >= 0.6 is 0 Å². The Morgan fingerprint density at radius 3 is 2.25 bits per heavy atom. The summed E-state index contributed by atoms with van der Waals surface area (Å²) in [6, 6.07) is 5.52. The van der Waals surface area contributed by atoms with E-state index in [0.29, 0.717) is 0 Å². The molecule has 1 amide bonds. The first-order chi connectivity index (χ1) is 9.02. The second-order valence-corrected chi connectivity index (χ2v) is 8.19. The maximum Gasteiger partial charge on any atom is 0.255 e. The van der Waals surface area contributed by atoms with Gasteiger partial charge < -0.3 is 4.90 Å². The minimum atomic E-state index is -4.02. The summed E-state index contributed by atoms with van der Waals surface area (Å²) in [5, 5.41) is 5.04. The number of sulfone groups is 1. The summed E-state index contributed by atoms with van der Waals surface area (Å²) in [6.45, 7) is -0.0311. The first-order valence-corrected chi connectivity index (χ1v) is 9.18. The zero-order valence-electron chi connectivity index (χ0n) is 11.1. The van der Waals surface area contributed by atoms with Gasteiger partial charge in [-0.15, -0.1) is 0 Å². The van der Waals surface area contributed by atoms with Crippen LogP contribution in [0.3, 0.4) is 0 Å². The largest absolute Gasteiger partial charge is 0.341 e. The third kappa shape index (κ3) is 4.58. The Morgan fingerprint density at radius 2 is 1.75 bits per heavy atom. The van der Waals surface area contributed by atoms with E-state index < -0.39 is 25.8 Å². The molecule has 112 valence electrons. The molecule has 1 aromatic rings. The molecule has 2 N–H and O–H groups in total. The highest BCUT2D eigenvalue weighted by Gasteiger charge is 2.21. The molecule has 0 aliphatic heterocycles. The summed E-state index contributed by atoms with van der Waals surface area (Å²) < 4.78 is 45.0. The number of primary sulfonamides is 1. The molecular formula is C11H16N2O5S2. The van der Waals surface area contributed by atoms with Gasteiger partial charge in [0.25, 0.3) is 5.91 Å². The summed E-state index contributed by atoms with van der Waals surface area (Å²) in [5.74, 6) is -0.800. The van der Waals surface area contributed by atoms with Gasteiger partial charge in [0.05, 0.1) is 16.2 Å². The molecule has 0 atom stereocenters. The second-order valence-electron chi connectivity index (χ2n) is 4.40. The monoisotopic (exact) mass is 320 g/mol. The van der Waals surface area contributed by atoms with E-state index >= 15 is 0 Å². The van der Waals surface area contributed by atoms with E-state index in [9.17, 15) is 21.6 Å². The zero-order valence-corrected chi connectivity index (χ0v) is 12.7. The molecule has 0 aromatic heterocycles. The van der Waals surface area contributed by atoms with Crippen LogP contribution in [-0.4, -0.2) is 53.2 Å². The average Bonchev–Trinajstić information content (AvgIpc) is 2.33. The van der Waals surface area contributed by atoms with Gasteiger partial charge in [0.2, 0.25) is 10.0 Å². The Balaban J connectivity index is 3.04. The third-order valence-electron chi connectivity index (χ3n) is 2.57. The van der Waals surface area contributed by atoms with E-state index in [1.165, 1.54) is 31.3 Å². The molecule has 0 radical (unpaired) electrons. The van der Waals surface area contributed by atoms with Gasteiger partial charge in [0.15, 0.2) is 0 Å². The topological polar surface area (TPSA) is 115 Å². The second kappa shape index (κ2) is 5.90. The molecule has 0 saturated carbocycles. The van der Waals surface area contributed by atoms with E-state index in [-0.39, 0.29) is 22.8 Å². The number of carbonyl (C=O) groups is 1. The van der Waals surface area contributed by atoms with Crippen molar-refractivity contribution in [1.29, 1.82) is 0 Å². The fourth-order valence-electron chi connectivity index (χ4n) is 1.50. The van der Waals surface area contributed by atoms with Crippen molar-refractivity contribution >= 4 is 25.8 Å². The van der Waals surface area contributed by atoms with Crippen molar-refractivity contribution in [3.05, 3.63) is 29.8 Å². The summed E-state index contributed by atoms with van der Waals surface area (Å²) in [5.41, 5.74) is -0.0778. The Bertz CT molecular complexity index is 710. The number of nitrogens with zero attached hydrogens (tertiary/aromatic N) is 1. The number of benzene rings is 1. The van der Waals surface area contributed by atoms with Crippen LogP contribution in [0.2, 0.25) is 0 Å². The molecule has 0 unspecified atom stereocenters. The van der Waals surface area contributed by atoms with E-state index in [4.69, 9.17) is 5.14 Å². The molecule has 9 heteroatoms. The van der Waals surface area contributed by atoms with Gasteiger partial charge in [-0.05, 0) is 12.1 Å². The van der Waals surface area contributed by atoms with Crippen molar-refractivity contribution in [2.24, 2.45) is 5.14 Å². The van der Waals surface area contributed by atoms with Crippen LogP contribution in [0.1, 0.15) is 10.4 Å². The fraction of sp³-hybridized carbons (Fsp3) is 0.364. The molecule has 7 nitrogen and oxygen atoms in total. The molecule has 1 aromatic carbocycles. The van der Waals surface area contributed by atoms with Gasteiger partial charge >= 0.3 is 0 Å². The lowest BCUT2D eigenvalue weighted by molar-refractivity contribution is 0.0799. The number of hydrogen-bond donors (Lipinski definition) is 1. The summed E-state index contributed by atoms with van der Waals surface area (Å²) in [7, 11) is -5.84. The van der Waals surface area contributed by atoms with Crippen LogP contribution in [0, 0.1) is 0 Å². The fourth-order valence-corrected chi connectivity index (χ4v) is 2.84. The number of rotatable bonds is 5. The van der Waals surface area contributed by atoms with Crippen LogP contribution in [0.25, 0.3) is 0 Å². The minimum Gasteiger partial charge on any atom is -0.341 e. The van der Waals surface area contributed by atoms with Gasteiger partial charge in [-0.3, -0.25) is 4.79 Å². The Morgan fingerprint density at radius 1 is 1.20 bits per heavy atom. The molecule has 0 spiro atoms. The minimum absolute atomic E-state index is 0.0311. The Hall–Kier alpha value is -1.45. The first kappa shape index (κ1) is 16.6. The van der Waals surface area contributed by atoms with Crippen molar-refractivity contribution in [3.8, 4) is 0 Å².